The third-order valence-corrected chi connectivity index (χ3v) is 3.82. The molecular weight excluding hydrogens is 338 g/mol. The largest absolute Gasteiger partial charge is 0.477 e. The second-order valence-corrected chi connectivity index (χ2v) is 5.68. The van der Waals surface area contributed by atoms with E-state index in [-0.39, 0.29) is 17.6 Å². The minimum Gasteiger partial charge on any atom is -0.477 e. The van der Waals surface area contributed by atoms with Crippen LogP contribution in [0, 0.1) is 0 Å². The Morgan fingerprint density at radius 3 is 2.69 bits per heavy atom. The van der Waals surface area contributed by atoms with Crippen LogP contribution >= 0.6 is 0 Å². The van der Waals surface area contributed by atoms with Gasteiger partial charge in [-0.25, -0.2) is 9.78 Å². The Bertz CT molecular complexity index is 963. The van der Waals surface area contributed by atoms with Gasteiger partial charge in [0.1, 0.15) is 5.56 Å². The average molecular weight is 355 g/mol. The number of nitrogens with one attached hydrogen (secondary N) is 4. The zero-order chi connectivity index (χ0) is 18.5. The highest BCUT2D eigenvalue weighted by Crippen LogP contribution is 2.19. The lowest BCUT2D eigenvalue weighted by Crippen LogP contribution is -2.32. The summed E-state index contributed by atoms with van der Waals surface area (Å²) in [5.74, 6) is -1.26. The molecule has 0 radical (unpaired) electrons. The fourth-order valence-electron chi connectivity index (χ4n) is 2.59. The molecule has 1 atom stereocenters. The molecule has 1 unspecified atom stereocenters. The number of nitrogens with zero attached hydrogens (tertiary/aromatic N) is 1. The molecule has 0 bridgehead atoms. The summed E-state index contributed by atoms with van der Waals surface area (Å²) in [7, 11) is 0. The zero-order valence-corrected chi connectivity index (χ0v) is 13.7. The molecule has 5 N–H and O–H groups in total. The number of carboxylic acids is 1. The molecule has 2 aromatic heterocycles. The summed E-state index contributed by atoms with van der Waals surface area (Å²) in [5, 5.41) is 15.5. The molecule has 134 valence electrons. The number of anilines is 1. The number of H-pyrrole nitrogens is 2. The third-order valence-electron chi connectivity index (χ3n) is 3.82. The van der Waals surface area contributed by atoms with Crippen LogP contribution in [0.15, 0.2) is 47.8 Å². The molecule has 1 amide bonds. The predicted octanol–water partition coefficient (Wildman–Crippen LogP) is 1.28. The molecule has 0 saturated carbocycles. The Morgan fingerprint density at radius 2 is 2.12 bits per heavy atom. The number of aromatic nitrogens is 3. The van der Waals surface area contributed by atoms with Crippen molar-refractivity contribution in [3.05, 3.63) is 58.9 Å². The van der Waals surface area contributed by atoms with Gasteiger partial charge in [0.2, 0.25) is 5.91 Å². The zero-order valence-electron chi connectivity index (χ0n) is 13.7. The lowest BCUT2D eigenvalue weighted by atomic mass is 10.1. The summed E-state index contributed by atoms with van der Waals surface area (Å²) in [6.45, 7) is 0. The topological polar surface area (TPSA) is 140 Å². The minimum atomic E-state index is -1.26. The van der Waals surface area contributed by atoms with Crippen LogP contribution in [0.25, 0.3) is 10.9 Å². The van der Waals surface area contributed by atoms with Crippen molar-refractivity contribution in [2.75, 3.05) is 5.32 Å². The van der Waals surface area contributed by atoms with E-state index >= 15 is 0 Å². The number of aromatic amines is 2. The smallest absolute Gasteiger partial charge is 0.341 e. The number of carbonyl (C=O) groups is 2. The van der Waals surface area contributed by atoms with Crippen LogP contribution in [0.2, 0.25) is 0 Å². The fourth-order valence-corrected chi connectivity index (χ4v) is 2.59. The number of hydrogen-bond acceptors (Lipinski definition) is 5. The maximum Gasteiger partial charge on any atom is 0.341 e. The summed E-state index contributed by atoms with van der Waals surface area (Å²) in [6, 6.07) is 6.54. The summed E-state index contributed by atoms with van der Waals surface area (Å²) >= 11 is 0. The number of carboxylic acid groups (broad SMARTS) is 1. The van der Waals surface area contributed by atoms with E-state index in [1.54, 1.807) is 36.9 Å². The monoisotopic (exact) mass is 355 g/mol. The van der Waals surface area contributed by atoms with Crippen LogP contribution in [0.3, 0.4) is 0 Å². The lowest BCUT2D eigenvalue weighted by Gasteiger charge is -2.14. The molecule has 0 aliphatic carbocycles. The normalized spacial score (nSPS) is 15.8. The van der Waals surface area contributed by atoms with Crippen LogP contribution in [0.5, 0.6) is 0 Å². The Labute approximate surface area is 147 Å². The maximum atomic E-state index is 11.6. The van der Waals surface area contributed by atoms with Gasteiger partial charge in [0.25, 0.3) is 5.56 Å². The first-order valence-corrected chi connectivity index (χ1v) is 7.92. The molecule has 3 heterocycles. The van der Waals surface area contributed by atoms with E-state index in [0.717, 1.165) is 5.69 Å². The van der Waals surface area contributed by atoms with E-state index in [2.05, 4.69) is 25.6 Å². The molecule has 9 heteroatoms. The SMILES string of the molecule is O=C1CCC(Nc2ccc3[nH]c(=O)c(C(=O)O)cc3c2)N1.c1c[nH]cn1. The van der Waals surface area contributed by atoms with E-state index in [1.165, 1.54) is 6.07 Å². The standard InChI is InChI=1S/C14H13N3O4.C3H4N2/c18-12-4-3-11(17-12)15-8-1-2-10-7(5-8)6-9(14(20)21)13(19)16-10;1-2-5-3-4-1/h1-2,5-6,11,15H,3-4H2,(H,16,19)(H,17,18)(H,20,21);1-3H,(H,4,5). The quantitative estimate of drug-likeness (QED) is 0.479. The molecular formula is C17H17N5O4. The van der Waals surface area contributed by atoms with E-state index in [9.17, 15) is 14.4 Å². The molecule has 1 aromatic carbocycles. The van der Waals surface area contributed by atoms with E-state index in [0.29, 0.717) is 23.7 Å². The molecule has 26 heavy (non-hydrogen) atoms. The van der Waals surface area contributed by atoms with Gasteiger partial charge in [-0.15, -0.1) is 0 Å². The molecule has 1 fully saturated rings. The fraction of sp³-hybridized carbons (Fsp3) is 0.176. The molecule has 1 aliphatic heterocycles. The van der Waals surface area contributed by atoms with E-state index < -0.39 is 11.5 Å². The molecule has 3 aromatic rings. The van der Waals surface area contributed by atoms with Gasteiger partial charge in [-0.2, -0.15) is 0 Å². The van der Waals surface area contributed by atoms with Gasteiger partial charge in [-0.3, -0.25) is 9.59 Å². The molecule has 0 spiro atoms. The first-order valence-electron chi connectivity index (χ1n) is 7.92. The molecule has 1 saturated heterocycles. The highest BCUT2D eigenvalue weighted by atomic mass is 16.4. The van der Waals surface area contributed by atoms with Crippen molar-refractivity contribution in [1.29, 1.82) is 0 Å². The molecule has 1 aliphatic rings. The Kier molecular flexibility index (Phi) is 4.97. The number of benzene rings is 1. The molecule has 9 nitrogen and oxygen atoms in total. The van der Waals surface area contributed by atoms with Crippen molar-refractivity contribution in [2.45, 2.75) is 19.0 Å². The summed E-state index contributed by atoms with van der Waals surface area (Å²) in [5.41, 5.74) is 0.386. The van der Waals surface area contributed by atoms with Crippen LogP contribution in [-0.2, 0) is 4.79 Å². The number of hydrogen-bond donors (Lipinski definition) is 5. The Balaban J connectivity index is 0.000000339. The highest BCUT2D eigenvalue weighted by Gasteiger charge is 2.20. The number of amides is 1. The average Bonchev–Trinajstić information content (AvgIpc) is 3.29. The summed E-state index contributed by atoms with van der Waals surface area (Å²) < 4.78 is 0. The van der Waals surface area contributed by atoms with Crippen molar-refractivity contribution in [3.8, 4) is 0 Å². The van der Waals surface area contributed by atoms with E-state index in [4.69, 9.17) is 5.11 Å². The third kappa shape index (κ3) is 4.07. The van der Waals surface area contributed by atoms with Gasteiger partial charge in [0.15, 0.2) is 0 Å². The Hall–Kier alpha value is -3.62. The first kappa shape index (κ1) is 17.2. The number of carbonyl (C=O) groups excluding carboxylic acids is 1. The number of fused-ring (bicyclic) bond motifs is 1. The number of pyridine rings is 1. The van der Waals surface area contributed by atoms with Crippen LogP contribution in [0.1, 0.15) is 23.2 Å². The number of aromatic carboxylic acids is 1. The second kappa shape index (κ2) is 7.51. The Morgan fingerprint density at radius 1 is 1.27 bits per heavy atom. The van der Waals surface area contributed by atoms with Crippen molar-refractivity contribution >= 4 is 28.5 Å². The van der Waals surface area contributed by atoms with Gasteiger partial charge in [-0.1, -0.05) is 0 Å². The van der Waals surface area contributed by atoms with E-state index in [1.807, 2.05) is 0 Å². The second-order valence-electron chi connectivity index (χ2n) is 5.68. The van der Waals surface area contributed by atoms with Crippen LogP contribution in [-0.4, -0.2) is 38.1 Å². The number of rotatable bonds is 3. The van der Waals surface area contributed by atoms with Crippen molar-refractivity contribution in [2.24, 2.45) is 0 Å². The van der Waals surface area contributed by atoms with Gasteiger partial charge < -0.3 is 25.7 Å². The molecule has 4 rings (SSSR count). The van der Waals surface area contributed by atoms with Gasteiger partial charge in [-0.05, 0) is 30.7 Å². The first-order chi connectivity index (χ1) is 12.5. The lowest BCUT2D eigenvalue weighted by molar-refractivity contribution is -0.119. The predicted molar refractivity (Wildman–Crippen MR) is 94.9 cm³/mol. The minimum absolute atomic E-state index is 0.00535. The van der Waals surface area contributed by atoms with Crippen LogP contribution in [0.4, 0.5) is 5.69 Å². The highest BCUT2D eigenvalue weighted by molar-refractivity contribution is 5.93. The van der Waals surface area contributed by atoms with Crippen LogP contribution < -0.4 is 16.2 Å². The maximum absolute atomic E-state index is 11.6. The van der Waals surface area contributed by atoms with Gasteiger partial charge in [0, 0.05) is 35.4 Å². The summed E-state index contributed by atoms with van der Waals surface area (Å²) in [6.07, 6.45) is 6.14. The summed E-state index contributed by atoms with van der Waals surface area (Å²) in [4.78, 5) is 42.7. The van der Waals surface area contributed by atoms with Crippen molar-refractivity contribution < 1.29 is 14.7 Å². The van der Waals surface area contributed by atoms with Gasteiger partial charge >= 0.3 is 5.97 Å². The number of imidazole rings is 1. The van der Waals surface area contributed by atoms with Crippen molar-refractivity contribution in [3.63, 3.8) is 0 Å². The van der Waals surface area contributed by atoms with Crippen molar-refractivity contribution in [1.82, 2.24) is 20.3 Å². The van der Waals surface area contributed by atoms with Gasteiger partial charge in [0.05, 0.1) is 12.5 Å².